The van der Waals surface area contributed by atoms with Gasteiger partial charge in [-0.2, -0.15) is 0 Å². The number of carbonyl (C=O) groups is 4. The number of nitrogens with one attached hydrogen (secondary N) is 3. The number of hydrogen-bond donors (Lipinski definition) is 4. The molecule has 0 aliphatic carbocycles. The Morgan fingerprint density at radius 1 is 0.552 bits per heavy atom. The van der Waals surface area contributed by atoms with E-state index in [4.69, 9.17) is 24.2 Å². The topological polar surface area (TPSA) is 171 Å². The number of rotatable bonds is 24. The van der Waals surface area contributed by atoms with Crippen LogP contribution >= 0.6 is 0 Å². The lowest BCUT2D eigenvalue weighted by atomic mass is 10.1. The van der Waals surface area contributed by atoms with Gasteiger partial charge < -0.3 is 34.3 Å². The third-order valence-electron chi connectivity index (χ3n) is 8.91. The minimum absolute atomic E-state index is 0.174. The summed E-state index contributed by atoms with van der Waals surface area (Å²) in [5.74, 6) is 0.493. The maximum atomic E-state index is 12.7. The van der Waals surface area contributed by atoms with Gasteiger partial charge in [0.2, 0.25) is 5.91 Å². The zero-order chi connectivity index (χ0) is 41.8. The Labute approximate surface area is 341 Å². The third-order valence-corrected chi connectivity index (χ3v) is 8.91. The van der Waals surface area contributed by atoms with Gasteiger partial charge in [-0.3, -0.25) is 24.4 Å². The molecule has 13 nitrogen and oxygen atoms in total. The Morgan fingerprint density at radius 3 is 1.41 bits per heavy atom. The number of hydrogen-bond acceptors (Lipinski definition) is 10. The van der Waals surface area contributed by atoms with E-state index >= 15 is 0 Å². The molecule has 0 bridgehead atoms. The second kappa shape index (κ2) is 27.8. The molecule has 0 aromatic heterocycles. The molecule has 4 aromatic rings. The van der Waals surface area contributed by atoms with Crippen LogP contribution in [0.2, 0.25) is 0 Å². The zero-order valence-electron chi connectivity index (χ0n) is 33.7. The minimum Gasteiger partial charge on any atom is -0.497 e. The Balaban J connectivity index is 0.000000310. The number of carbonyl (C=O) groups excluding carboxylic acids is 4. The second-order valence-corrected chi connectivity index (χ2v) is 13.3. The van der Waals surface area contributed by atoms with Gasteiger partial charge in [0.25, 0.3) is 11.8 Å². The molecule has 0 saturated carbocycles. The molecular formula is C45H57N3O10. The molecule has 0 fully saturated rings. The van der Waals surface area contributed by atoms with Crippen molar-refractivity contribution in [2.45, 2.75) is 89.6 Å². The van der Waals surface area contributed by atoms with Crippen molar-refractivity contribution < 1.29 is 48.1 Å². The van der Waals surface area contributed by atoms with Crippen molar-refractivity contribution in [3.63, 3.8) is 0 Å². The summed E-state index contributed by atoms with van der Waals surface area (Å²) in [6, 6.07) is 33.7. The van der Waals surface area contributed by atoms with Crippen molar-refractivity contribution >= 4 is 35.1 Å². The number of amides is 3. The molecule has 0 aliphatic rings. The highest BCUT2D eigenvalue weighted by Gasteiger charge is 2.21. The lowest BCUT2D eigenvalue weighted by Crippen LogP contribution is -2.30. The van der Waals surface area contributed by atoms with Crippen LogP contribution in [0.3, 0.4) is 0 Å². The number of benzene rings is 4. The van der Waals surface area contributed by atoms with Crippen molar-refractivity contribution in [1.29, 1.82) is 0 Å². The molecule has 13 heteroatoms. The van der Waals surface area contributed by atoms with Gasteiger partial charge in [0.15, 0.2) is 0 Å². The van der Waals surface area contributed by atoms with Gasteiger partial charge in [0, 0.05) is 24.2 Å². The van der Waals surface area contributed by atoms with Gasteiger partial charge in [-0.1, -0.05) is 86.3 Å². The molecule has 58 heavy (non-hydrogen) atoms. The van der Waals surface area contributed by atoms with Crippen LogP contribution in [0.25, 0.3) is 0 Å². The summed E-state index contributed by atoms with van der Waals surface area (Å²) in [5, 5.41) is 14.3. The molecule has 4 rings (SSSR count). The molecule has 312 valence electrons. The van der Waals surface area contributed by atoms with Gasteiger partial charge in [0.1, 0.15) is 23.7 Å². The second-order valence-electron chi connectivity index (χ2n) is 13.3. The molecular weight excluding hydrogens is 743 g/mol. The molecule has 4 aromatic carbocycles. The van der Waals surface area contributed by atoms with Crippen LogP contribution in [0.15, 0.2) is 109 Å². The van der Waals surface area contributed by atoms with Gasteiger partial charge in [-0.25, -0.2) is 5.48 Å². The first-order chi connectivity index (χ1) is 28.2. The van der Waals surface area contributed by atoms with Crippen molar-refractivity contribution in [1.82, 2.24) is 5.48 Å². The first-order valence-electron chi connectivity index (χ1n) is 19.4. The Morgan fingerprint density at radius 2 is 1.00 bits per heavy atom. The molecule has 2 atom stereocenters. The summed E-state index contributed by atoms with van der Waals surface area (Å²) in [4.78, 5) is 47.7. The molecule has 0 heterocycles. The lowest BCUT2D eigenvalue weighted by molar-refractivity contribution is -0.140. The van der Waals surface area contributed by atoms with Gasteiger partial charge in [-0.15, -0.1) is 0 Å². The van der Waals surface area contributed by atoms with Crippen molar-refractivity contribution in [2.24, 2.45) is 0 Å². The molecule has 2 unspecified atom stereocenters. The lowest BCUT2D eigenvalue weighted by Gasteiger charge is -2.18. The maximum absolute atomic E-state index is 12.7. The van der Waals surface area contributed by atoms with E-state index in [1.807, 2.05) is 109 Å². The van der Waals surface area contributed by atoms with Crippen LogP contribution in [-0.2, 0) is 46.6 Å². The normalized spacial score (nSPS) is 11.5. The SMILES string of the molecule is COC(=O)CCCCCC(OCc1cccc(OC)c1)C(=O)Nc1ccccc1.COc1cccc(COC(CCCCCC(=O)NO)C(=O)Nc2ccccc2)c1. The standard InChI is InChI=1S/C23H29NO5.C22H28N2O5/c1-27-20-13-9-10-18(16-20)17-29-21(14-7-4-8-15-22(25)28-2)23(26)24-19-11-5-3-6-12-19;1-28-19-12-8-9-17(15-19)16-29-20(13-6-3-7-14-21(25)24-27)22(26)23-18-10-4-2-5-11-18/h3,5-6,9-13,16,21H,4,7-8,14-15,17H2,1-2H3,(H,24,26);2,4-5,8-12,15,20,27H,3,6-7,13-14,16H2,1H3,(H,23,26)(H,24,25). The van der Waals surface area contributed by atoms with Crippen LogP contribution in [0.5, 0.6) is 11.5 Å². The third kappa shape index (κ3) is 18.9. The first kappa shape index (κ1) is 46.6. The van der Waals surface area contributed by atoms with Gasteiger partial charge >= 0.3 is 5.97 Å². The van der Waals surface area contributed by atoms with E-state index in [9.17, 15) is 19.2 Å². The van der Waals surface area contributed by atoms with Crippen LogP contribution < -0.4 is 25.6 Å². The Kier molecular flexibility index (Phi) is 22.3. The van der Waals surface area contributed by atoms with E-state index in [2.05, 4.69) is 15.4 Å². The van der Waals surface area contributed by atoms with Crippen LogP contribution in [-0.4, -0.2) is 62.4 Å². The number of unbranched alkanes of at least 4 members (excludes halogenated alkanes) is 4. The summed E-state index contributed by atoms with van der Waals surface area (Å²) >= 11 is 0. The van der Waals surface area contributed by atoms with E-state index < -0.39 is 18.1 Å². The van der Waals surface area contributed by atoms with E-state index in [0.29, 0.717) is 38.0 Å². The molecule has 3 amide bonds. The number of esters is 1. The predicted molar refractivity (Wildman–Crippen MR) is 221 cm³/mol. The highest BCUT2D eigenvalue weighted by atomic mass is 16.5. The fourth-order valence-electron chi connectivity index (χ4n) is 5.71. The molecule has 0 spiro atoms. The maximum Gasteiger partial charge on any atom is 0.305 e. The van der Waals surface area contributed by atoms with Crippen LogP contribution in [0.1, 0.15) is 75.3 Å². The Hall–Kier alpha value is -5.76. The number of ether oxygens (including phenoxy) is 5. The average molecular weight is 800 g/mol. The highest BCUT2D eigenvalue weighted by molar-refractivity contribution is 5.94. The molecule has 4 N–H and O–H groups in total. The Bertz CT molecular complexity index is 1660. The smallest absolute Gasteiger partial charge is 0.305 e. The molecule has 0 aliphatic heterocycles. The summed E-state index contributed by atoms with van der Waals surface area (Å²) < 4.78 is 27.0. The summed E-state index contributed by atoms with van der Waals surface area (Å²) in [6.45, 7) is 0.600. The fourth-order valence-corrected chi connectivity index (χ4v) is 5.71. The van der Waals surface area contributed by atoms with E-state index in [0.717, 1.165) is 60.4 Å². The zero-order valence-corrected chi connectivity index (χ0v) is 33.7. The fraction of sp³-hybridized carbons (Fsp3) is 0.378. The van der Waals surface area contributed by atoms with Crippen molar-refractivity contribution in [2.75, 3.05) is 32.0 Å². The van der Waals surface area contributed by atoms with E-state index in [1.165, 1.54) is 7.11 Å². The van der Waals surface area contributed by atoms with Crippen LogP contribution in [0, 0.1) is 0 Å². The largest absolute Gasteiger partial charge is 0.497 e. The quantitative estimate of drug-likeness (QED) is 0.0236. The summed E-state index contributed by atoms with van der Waals surface area (Å²) in [5.41, 5.74) is 4.92. The predicted octanol–water partition coefficient (Wildman–Crippen LogP) is 8.02. The number of hydroxylamine groups is 1. The van der Waals surface area contributed by atoms with Gasteiger partial charge in [-0.05, 0) is 85.3 Å². The van der Waals surface area contributed by atoms with Crippen molar-refractivity contribution in [3.05, 3.63) is 120 Å². The minimum atomic E-state index is -0.618. The number of anilines is 2. The van der Waals surface area contributed by atoms with E-state index in [-0.39, 0.29) is 30.8 Å². The van der Waals surface area contributed by atoms with Crippen LogP contribution in [0.4, 0.5) is 11.4 Å². The van der Waals surface area contributed by atoms with Crippen molar-refractivity contribution in [3.8, 4) is 11.5 Å². The highest BCUT2D eigenvalue weighted by Crippen LogP contribution is 2.19. The summed E-state index contributed by atoms with van der Waals surface area (Å²) in [7, 11) is 4.61. The molecule has 0 radical (unpaired) electrons. The summed E-state index contributed by atoms with van der Waals surface area (Å²) in [6.07, 6.45) is 5.00. The average Bonchev–Trinajstić information content (AvgIpc) is 3.26. The van der Waals surface area contributed by atoms with E-state index in [1.54, 1.807) is 19.7 Å². The number of methoxy groups -OCH3 is 3. The first-order valence-corrected chi connectivity index (χ1v) is 19.4. The van der Waals surface area contributed by atoms with Gasteiger partial charge in [0.05, 0.1) is 34.5 Å². The molecule has 0 saturated heterocycles. The monoisotopic (exact) mass is 799 g/mol. The number of para-hydroxylation sites is 2.